The van der Waals surface area contributed by atoms with E-state index in [2.05, 4.69) is 82.4 Å². The largest absolute Gasteiger partial charge is 0.473 e. The summed E-state index contributed by atoms with van der Waals surface area (Å²) in [7, 11) is 0. The molecule has 0 saturated heterocycles. The summed E-state index contributed by atoms with van der Waals surface area (Å²) >= 11 is 3.54. The first-order valence-electron chi connectivity index (χ1n) is 7.36. The lowest BCUT2D eigenvalue weighted by atomic mass is 10.0. The van der Waals surface area contributed by atoms with Crippen molar-refractivity contribution in [3.63, 3.8) is 0 Å². The van der Waals surface area contributed by atoms with Crippen LogP contribution in [0.5, 0.6) is 5.75 Å². The van der Waals surface area contributed by atoms with E-state index in [-0.39, 0.29) is 0 Å². The van der Waals surface area contributed by atoms with Gasteiger partial charge < -0.3 is 9.64 Å². The first-order chi connectivity index (χ1) is 10.7. The van der Waals surface area contributed by atoms with Gasteiger partial charge in [-0.1, -0.05) is 45.8 Å². The fourth-order valence-corrected chi connectivity index (χ4v) is 3.33. The van der Waals surface area contributed by atoms with E-state index >= 15 is 0 Å². The molecule has 22 heavy (non-hydrogen) atoms. The van der Waals surface area contributed by atoms with Gasteiger partial charge in [-0.25, -0.2) is 0 Å². The van der Waals surface area contributed by atoms with Crippen molar-refractivity contribution in [1.29, 1.82) is 0 Å². The number of aryl methyl sites for hydroxylation is 1. The molecule has 0 aliphatic carbocycles. The summed E-state index contributed by atoms with van der Waals surface area (Å²) in [5, 5.41) is 2.50. The highest BCUT2D eigenvalue weighted by Crippen LogP contribution is 2.35. The first kappa shape index (κ1) is 13.6. The predicted octanol–water partition coefficient (Wildman–Crippen LogP) is 5.27. The highest BCUT2D eigenvalue weighted by atomic mass is 79.9. The van der Waals surface area contributed by atoms with Gasteiger partial charge in [0.2, 0.25) is 0 Å². The molecule has 110 valence electrons. The lowest BCUT2D eigenvalue weighted by Crippen LogP contribution is -2.31. The van der Waals surface area contributed by atoms with Crippen LogP contribution in [0.2, 0.25) is 0 Å². The quantitative estimate of drug-likeness (QED) is 0.591. The Morgan fingerprint density at radius 1 is 1.00 bits per heavy atom. The second kappa shape index (κ2) is 5.33. The second-order valence-corrected chi connectivity index (χ2v) is 6.63. The van der Waals surface area contributed by atoms with Crippen LogP contribution in [0, 0.1) is 6.92 Å². The van der Waals surface area contributed by atoms with Crippen molar-refractivity contribution < 1.29 is 4.74 Å². The number of fused-ring (bicyclic) bond motifs is 3. The number of halogens is 1. The number of anilines is 1. The first-order valence-corrected chi connectivity index (χ1v) is 8.15. The van der Waals surface area contributed by atoms with Crippen LogP contribution in [0.1, 0.15) is 11.1 Å². The smallest absolute Gasteiger partial charge is 0.161 e. The molecule has 4 rings (SSSR count). The van der Waals surface area contributed by atoms with Crippen LogP contribution in [0.4, 0.5) is 5.69 Å². The lowest BCUT2D eigenvalue weighted by molar-refractivity contribution is 0.290. The Morgan fingerprint density at radius 2 is 1.82 bits per heavy atom. The van der Waals surface area contributed by atoms with Crippen LogP contribution in [0.15, 0.2) is 59.1 Å². The van der Waals surface area contributed by atoms with Crippen molar-refractivity contribution in [3.8, 4) is 5.75 Å². The van der Waals surface area contributed by atoms with E-state index in [1.54, 1.807) is 0 Å². The van der Waals surface area contributed by atoms with Gasteiger partial charge in [0.05, 0.1) is 6.54 Å². The van der Waals surface area contributed by atoms with Crippen molar-refractivity contribution >= 4 is 32.4 Å². The number of ether oxygens (including phenoxy) is 1. The number of benzene rings is 3. The fraction of sp³-hybridized carbons (Fsp3) is 0.158. The monoisotopic (exact) mass is 353 g/mol. The molecule has 0 spiro atoms. The van der Waals surface area contributed by atoms with Crippen LogP contribution < -0.4 is 9.64 Å². The number of nitrogens with zero attached hydrogens (tertiary/aromatic N) is 1. The summed E-state index contributed by atoms with van der Waals surface area (Å²) in [6.45, 7) is 3.58. The molecule has 0 saturated carbocycles. The molecule has 3 aromatic carbocycles. The van der Waals surface area contributed by atoms with E-state index in [0.717, 1.165) is 16.8 Å². The molecule has 1 heterocycles. The summed E-state index contributed by atoms with van der Waals surface area (Å²) < 4.78 is 7.08. The summed E-state index contributed by atoms with van der Waals surface area (Å²) in [5.41, 5.74) is 3.74. The van der Waals surface area contributed by atoms with Crippen molar-refractivity contribution in [2.24, 2.45) is 0 Å². The Kier molecular flexibility index (Phi) is 3.30. The summed E-state index contributed by atoms with van der Waals surface area (Å²) in [5.74, 6) is 0.998. The molecule has 1 aliphatic rings. The maximum absolute atomic E-state index is 5.97. The average Bonchev–Trinajstić information content (AvgIpc) is 2.54. The van der Waals surface area contributed by atoms with E-state index in [1.165, 1.54) is 27.6 Å². The molecule has 3 heteroatoms. The Morgan fingerprint density at radius 3 is 2.64 bits per heavy atom. The average molecular weight is 354 g/mol. The Balaban J connectivity index is 1.77. The molecular weight excluding hydrogens is 338 g/mol. The van der Waals surface area contributed by atoms with E-state index in [1.807, 2.05) is 0 Å². The highest BCUT2D eigenvalue weighted by Gasteiger charge is 2.19. The molecule has 2 nitrogen and oxygen atoms in total. The third-order valence-electron chi connectivity index (χ3n) is 4.17. The summed E-state index contributed by atoms with van der Waals surface area (Å²) in [6.07, 6.45) is 0. The van der Waals surface area contributed by atoms with Gasteiger partial charge in [0, 0.05) is 15.7 Å². The molecule has 0 fully saturated rings. The summed E-state index contributed by atoms with van der Waals surface area (Å²) in [6, 6.07) is 19.2. The highest BCUT2D eigenvalue weighted by molar-refractivity contribution is 9.10. The Bertz CT molecular complexity index is 842. The van der Waals surface area contributed by atoms with Gasteiger partial charge in [-0.2, -0.15) is 0 Å². The minimum absolute atomic E-state index is 0.595. The standard InChI is InChI=1S/C19H16BrNO/c1-13-2-6-16(7-3-13)21-11-18-17-8-5-15(20)10-14(17)4-9-19(18)22-12-21/h2-10H,11-12H2,1H3. The summed E-state index contributed by atoms with van der Waals surface area (Å²) in [4.78, 5) is 2.27. The fourth-order valence-electron chi connectivity index (χ4n) is 2.95. The minimum Gasteiger partial charge on any atom is -0.473 e. The molecule has 0 N–H and O–H groups in total. The maximum Gasteiger partial charge on any atom is 0.161 e. The molecule has 0 atom stereocenters. The molecule has 0 radical (unpaired) electrons. The van der Waals surface area contributed by atoms with Gasteiger partial charge in [-0.15, -0.1) is 0 Å². The Labute approximate surface area is 138 Å². The van der Waals surface area contributed by atoms with E-state index in [0.29, 0.717) is 6.73 Å². The topological polar surface area (TPSA) is 12.5 Å². The van der Waals surface area contributed by atoms with Gasteiger partial charge in [-0.05, 0) is 48.0 Å². The van der Waals surface area contributed by atoms with Crippen LogP contribution in [0.3, 0.4) is 0 Å². The third-order valence-corrected chi connectivity index (χ3v) is 4.67. The maximum atomic E-state index is 5.97. The molecule has 0 aromatic heterocycles. The third kappa shape index (κ3) is 2.35. The SMILES string of the molecule is Cc1ccc(N2COc3ccc4cc(Br)ccc4c3C2)cc1. The normalized spacial score (nSPS) is 13.8. The van der Waals surface area contributed by atoms with Gasteiger partial charge in [0.15, 0.2) is 6.73 Å². The molecule has 0 unspecified atom stereocenters. The van der Waals surface area contributed by atoms with Gasteiger partial charge >= 0.3 is 0 Å². The Hall–Kier alpha value is -2.00. The molecule has 0 bridgehead atoms. The molecule has 1 aliphatic heterocycles. The van der Waals surface area contributed by atoms with E-state index in [9.17, 15) is 0 Å². The number of rotatable bonds is 1. The molecule has 3 aromatic rings. The number of hydrogen-bond donors (Lipinski definition) is 0. The van der Waals surface area contributed by atoms with Gasteiger partial charge in [-0.3, -0.25) is 0 Å². The zero-order valence-electron chi connectivity index (χ0n) is 12.3. The minimum atomic E-state index is 0.595. The van der Waals surface area contributed by atoms with Crippen molar-refractivity contribution in [1.82, 2.24) is 0 Å². The van der Waals surface area contributed by atoms with Crippen LogP contribution in [-0.2, 0) is 6.54 Å². The zero-order chi connectivity index (χ0) is 15.1. The van der Waals surface area contributed by atoms with Crippen LogP contribution in [0.25, 0.3) is 10.8 Å². The van der Waals surface area contributed by atoms with Crippen LogP contribution in [-0.4, -0.2) is 6.73 Å². The van der Waals surface area contributed by atoms with Gasteiger partial charge in [0.25, 0.3) is 0 Å². The zero-order valence-corrected chi connectivity index (χ0v) is 13.9. The van der Waals surface area contributed by atoms with Crippen molar-refractivity contribution in [3.05, 3.63) is 70.2 Å². The van der Waals surface area contributed by atoms with E-state index < -0.39 is 0 Å². The van der Waals surface area contributed by atoms with Gasteiger partial charge in [0.1, 0.15) is 5.75 Å². The van der Waals surface area contributed by atoms with Crippen molar-refractivity contribution in [2.75, 3.05) is 11.6 Å². The van der Waals surface area contributed by atoms with Crippen molar-refractivity contribution in [2.45, 2.75) is 13.5 Å². The lowest BCUT2D eigenvalue weighted by Gasteiger charge is -2.31. The van der Waals surface area contributed by atoms with Crippen LogP contribution >= 0.6 is 15.9 Å². The van der Waals surface area contributed by atoms with E-state index in [4.69, 9.17) is 4.74 Å². The predicted molar refractivity (Wildman–Crippen MR) is 94.5 cm³/mol. The second-order valence-electron chi connectivity index (χ2n) is 5.71. The molecular formula is C19H16BrNO. The number of hydrogen-bond acceptors (Lipinski definition) is 2. The molecule has 0 amide bonds.